The summed E-state index contributed by atoms with van der Waals surface area (Å²) in [7, 11) is 0. The highest BCUT2D eigenvalue weighted by molar-refractivity contribution is 6.31. The average molecular weight is 609 g/mol. The molecule has 1 heterocycles. The first-order valence-corrected chi connectivity index (χ1v) is 14.9. The summed E-state index contributed by atoms with van der Waals surface area (Å²) in [4.78, 5) is 29.5. The van der Waals surface area contributed by atoms with Gasteiger partial charge in [0.25, 0.3) is 0 Å². The fourth-order valence-corrected chi connectivity index (χ4v) is 6.16. The van der Waals surface area contributed by atoms with Crippen molar-refractivity contribution in [2.75, 3.05) is 10.2 Å². The molecule has 0 spiro atoms. The van der Waals surface area contributed by atoms with Crippen molar-refractivity contribution in [3.05, 3.63) is 130 Å². The van der Waals surface area contributed by atoms with Gasteiger partial charge in [-0.2, -0.15) is 0 Å². The minimum absolute atomic E-state index is 0.0251. The van der Waals surface area contributed by atoms with Crippen LogP contribution in [-0.2, 0) is 22.7 Å². The summed E-state index contributed by atoms with van der Waals surface area (Å²) < 4.78 is 11.9. The fourth-order valence-electron chi connectivity index (χ4n) is 5.89. The van der Waals surface area contributed by atoms with E-state index in [9.17, 15) is 14.7 Å². The second-order valence-corrected chi connectivity index (χ2v) is 12.3. The highest BCUT2D eigenvalue weighted by Gasteiger charge is 2.45. The first-order chi connectivity index (χ1) is 21.2. The zero-order valence-corrected chi connectivity index (χ0v) is 25.3. The molecule has 1 aliphatic carbocycles. The predicted molar refractivity (Wildman–Crippen MR) is 171 cm³/mol. The van der Waals surface area contributed by atoms with E-state index in [0.29, 0.717) is 52.0 Å². The van der Waals surface area contributed by atoms with Crippen LogP contribution in [-0.4, -0.2) is 17.0 Å². The third-order valence-corrected chi connectivity index (χ3v) is 8.25. The highest BCUT2D eigenvalue weighted by Crippen LogP contribution is 2.51. The molecule has 224 valence electrons. The Labute approximate surface area is 261 Å². The predicted octanol–water partition coefficient (Wildman–Crippen LogP) is 8.58. The van der Waals surface area contributed by atoms with E-state index in [1.54, 1.807) is 36.4 Å². The van der Waals surface area contributed by atoms with E-state index in [1.165, 1.54) is 4.90 Å². The Morgan fingerprint density at radius 3 is 2.30 bits per heavy atom. The van der Waals surface area contributed by atoms with E-state index >= 15 is 0 Å². The molecule has 1 unspecified atom stereocenters. The number of aromatic hydroxyl groups is 1. The number of allylic oxidation sites excluding steroid dienone is 1. The van der Waals surface area contributed by atoms with Gasteiger partial charge in [-0.15, -0.1) is 0 Å². The summed E-state index contributed by atoms with van der Waals surface area (Å²) in [6.45, 7) is 4.44. The Balaban J connectivity index is 1.46. The van der Waals surface area contributed by atoms with Crippen molar-refractivity contribution in [1.29, 1.82) is 0 Å². The maximum Gasteiger partial charge on any atom is 0.415 e. The largest absolute Gasteiger partial charge is 0.506 e. The number of carbonyl (C=O) groups excluding carboxylic acids is 2. The molecule has 1 atom stereocenters. The van der Waals surface area contributed by atoms with Gasteiger partial charge in [-0.3, -0.25) is 9.69 Å². The number of halogens is 1. The van der Waals surface area contributed by atoms with Gasteiger partial charge in [0.1, 0.15) is 30.4 Å². The summed E-state index contributed by atoms with van der Waals surface area (Å²) in [6, 6.07) is 28.4. The number of nitrogens with one attached hydrogen (secondary N) is 1. The van der Waals surface area contributed by atoms with Crippen LogP contribution in [0.4, 0.5) is 16.2 Å². The number of phenols is 1. The maximum atomic E-state index is 14.1. The lowest BCUT2D eigenvalue weighted by Crippen LogP contribution is -2.40. The summed E-state index contributed by atoms with van der Waals surface area (Å²) in [5.74, 6) is 0.390. The van der Waals surface area contributed by atoms with Crippen molar-refractivity contribution in [1.82, 2.24) is 0 Å². The highest BCUT2D eigenvalue weighted by atomic mass is 35.5. The molecule has 0 fully saturated rings. The van der Waals surface area contributed by atoms with Crippen LogP contribution in [0.1, 0.15) is 49.4 Å². The Morgan fingerprint density at radius 1 is 0.932 bits per heavy atom. The molecule has 44 heavy (non-hydrogen) atoms. The first-order valence-electron chi connectivity index (χ1n) is 14.5. The lowest BCUT2D eigenvalue weighted by Gasteiger charge is -2.37. The van der Waals surface area contributed by atoms with Crippen LogP contribution in [0.25, 0.3) is 0 Å². The smallest absolute Gasteiger partial charge is 0.415 e. The van der Waals surface area contributed by atoms with Gasteiger partial charge in [0.2, 0.25) is 0 Å². The zero-order chi connectivity index (χ0) is 30.8. The van der Waals surface area contributed by atoms with E-state index in [1.807, 2.05) is 74.5 Å². The second-order valence-electron chi connectivity index (χ2n) is 11.9. The lowest BCUT2D eigenvalue weighted by atomic mass is 9.73. The number of ether oxygens (including phenoxy) is 2. The van der Waals surface area contributed by atoms with Crippen molar-refractivity contribution >= 4 is 34.9 Å². The van der Waals surface area contributed by atoms with Gasteiger partial charge in [0, 0.05) is 22.7 Å². The zero-order valence-electron chi connectivity index (χ0n) is 24.5. The molecule has 4 aromatic rings. The van der Waals surface area contributed by atoms with Crippen molar-refractivity contribution in [3.8, 4) is 11.5 Å². The minimum Gasteiger partial charge on any atom is -0.506 e. The molecule has 1 aliphatic heterocycles. The molecule has 0 saturated heterocycles. The third kappa shape index (κ3) is 6.01. The number of fused-ring (bicyclic) bond motifs is 1. The summed E-state index contributed by atoms with van der Waals surface area (Å²) in [6.07, 6.45) is 0.135. The van der Waals surface area contributed by atoms with Crippen LogP contribution in [0.3, 0.4) is 0 Å². The van der Waals surface area contributed by atoms with Crippen molar-refractivity contribution in [2.45, 2.75) is 45.9 Å². The molecule has 4 aromatic carbocycles. The molecule has 0 bridgehead atoms. The maximum absolute atomic E-state index is 14.1. The summed E-state index contributed by atoms with van der Waals surface area (Å²) >= 11 is 6.97. The Hall–Kier alpha value is -4.75. The molecule has 0 aromatic heterocycles. The first kappa shape index (κ1) is 29.3. The second kappa shape index (κ2) is 12.1. The van der Waals surface area contributed by atoms with E-state index < -0.39 is 12.1 Å². The number of hydrogen-bond donors (Lipinski definition) is 2. The number of carbonyl (C=O) groups is 2. The van der Waals surface area contributed by atoms with Crippen LogP contribution < -0.4 is 15.0 Å². The van der Waals surface area contributed by atoms with Crippen LogP contribution in [0, 0.1) is 5.41 Å². The topological polar surface area (TPSA) is 88.1 Å². The van der Waals surface area contributed by atoms with E-state index in [0.717, 1.165) is 11.1 Å². The third-order valence-electron chi connectivity index (χ3n) is 7.92. The number of phenolic OH excluding ortho intramolecular Hbond substituents is 1. The Kier molecular flexibility index (Phi) is 8.06. The van der Waals surface area contributed by atoms with Gasteiger partial charge in [-0.25, -0.2) is 4.79 Å². The van der Waals surface area contributed by atoms with Crippen LogP contribution in [0.5, 0.6) is 11.5 Å². The van der Waals surface area contributed by atoms with Crippen LogP contribution in [0.15, 0.2) is 108 Å². The summed E-state index contributed by atoms with van der Waals surface area (Å²) in [5, 5.41) is 14.6. The molecule has 2 N–H and O–H groups in total. The Bertz CT molecular complexity index is 1740. The number of benzene rings is 4. The van der Waals surface area contributed by atoms with E-state index in [2.05, 4.69) is 5.32 Å². The van der Waals surface area contributed by atoms with Crippen LogP contribution >= 0.6 is 11.6 Å². The molecular weight excluding hydrogens is 576 g/mol. The Morgan fingerprint density at radius 2 is 1.61 bits per heavy atom. The monoisotopic (exact) mass is 608 g/mol. The number of amides is 1. The molecule has 0 saturated carbocycles. The normalized spacial score (nSPS) is 17.2. The number of Topliss-reactive ketones (excluding diaryl/α,β-unsaturated/α-hetero) is 1. The van der Waals surface area contributed by atoms with Crippen molar-refractivity contribution < 1.29 is 24.2 Å². The molecule has 2 aliphatic rings. The number of para-hydroxylation sites is 1. The number of rotatable bonds is 6. The van der Waals surface area contributed by atoms with Crippen molar-refractivity contribution in [2.24, 2.45) is 5.41 Å². The molecule has 7 nitrogen and oxygen atoms in total. The van der Waals surface area contributed by atoms with Gasteiger partial charge >= 0.3 is 6.09 Å². The van der Waals surface area contributed by atoms with Crippen molar-refractivity contribution in [3.63, 3.8) is 0 Å². The van der Waals surface area contributed by atoms with Gasteiger partial charge < -0.3 is 19.9 Å². The minimum atomic E-state index is -0.928. The molecule has 8 heteroatoms. The number of hydrogen-bond acceptors (Lipinski definition) is 6. The van der Waals surface area contributed by atoms with Crippen LogP contribution in [0.2, 0.25) is 5.02 Å². The molecule has 0 radical (unpaired) electrons. The number of anilines is 2. The number of nitrogens with zero attached hydrogens (tertiary/aromatic N) is 1. The van der Waals surface area contributed by atoms with E-state index in [-0.39, 0.29) is 30.0 Å². The summed E-state index contributed by atoms with van der Waals surface area (Å²) in [5.41, 5.74) is 3.77. The van der Waals surface area contributed by atoms with Gasteiger partial charge in [-0.1, -0.05) is 98.2 Å². The quantitative estimate of drug-likeness (QED) is 0.213. The molecular formula is C36H33ClN2O5. The van der Waals surface area contributed by atoms with Gasteiger partial charge in [-0.05, 0) is 52.8 Å². The molecule has 6 rings (SSSR count). The standard InChI is InChI=1S/C36H33ClN2O5/c1-36(2)19-28-32(31(41)20-36)34(26-17-16-25(18-27(26)37)43-21-23-10-5-3-6-11-23)39(29-14-9-15-30(40)33(29)38-28)35(42)44-22-24-12-7-4-8-13-24/h3-18,34,38,40H,19-22H2,1-2H3. The SMILES string of the molecule is CC1(C)CC(=O)C2=C(C1)Nc1c(O)cccc1N(C(=O)OCc1ccccc1)C2c1ccc(OCc2ccccc2)cc1Cl. The molecule has 1 amide bonds. The lowest BCUT2D eigenvalue weighted by molar-refractivity contribution is -0.118. The average Bonchev–Trinajstić information content (AvgIpc) is 3.15. The van der Waals surface area contributed by atoms with Gasteiger partial charge in [0.15, 0.2) is 5.78 Å². The number of ketones is 1. The van der Waals surface area contributed by atoms with Gasteiger partial charge in [0.05, 0.1) is 11.7 Å². The van der Waals surface area contributed by atoms with E-state index in [4.69, 9.17) is 21.1 Å². The fraction of sp³-hybridized carbons (Fsp3) is 0.222.